The lowest BCUT2D eigenvalue weighted by atomic mass is 10.00. The second kappa shape index (κ2) is 24.0. The van der Waals surface area contributed by atoms with Crippen LogP contribution in [-0.2, 0) is 59.2 Å². The molecule has 0 aliphatic carbocycles. The van der Waals surface area contributed by atoms with E-state index in [1.54, 1.807) is 42.6 Å². The monoisotopic (exact) mass is 962 g/mol. The van der Waals surface area contributed by atoms with Crippen molar-refractivity contribution in [1.82, 2.24) is 36.5 Å². The predicted octanol–water partition coefficient (Wildman–Crippen LogP) is 2.23. The van der Waals surface area contributed by atoms with Crippen LogP contribution in [0.25, 0.3) is 10.9 Å². The Hall–Kier alpha value is -7.54. The highest BCUT2D eigenvalue weighted by molar-refractivity contribution is 7.98. The van der Waals surface area contributed by atoms with Crippen LogP contribution in [0.4, 0.5) is 0 Å². The van der Waals surface area contributed by atoms with Crippen molar-refractivity contribution < 1.29 is 48.9 Å². The molecule has 0 unspecified atom stereocenters. The van der Waals surface area contributed by atoms with Crippen molar-refractivity contribution in [1.29, 1.82) is 0 Å². The van der Waals surface area contributed by atoms with Crippen molar-refractivity contribution in [3.63, 3.8) is 0 Å². The number of hydrogen-bond donors (Lipinski definition) is 10. The zero-order valence-corrected chi connectivity index (χ0v) is 39.1. The van der Waals surface area contributed by atoms with Crippen LogP contribution in [0, 0.1) is 0 Å². The average molecular weight is 963 g/mol. The number of rotatable bonds is 22. The smallest absolute Gasteiger partial charge is 0.246 e. The summed E-state index contributed by atoms with van der Waals surface area (Å²) in [6.07, 6.45) is 4.31. The van der Waals surface area contributed by atoms with Crippen molar-refractivity contribution in [2.24, 2.45) is 5.73 Å². The Labute approximate surface area is 403 Å². The van der Waals surface area contributed by atoms with Crippen LogP contribution < -0.4 is 32.3 Å². The zero-order valence-electron chi connectivity index (χ0n) is 38.3. The summed E-state index contributed by atoms with van der Waals surface area (Å²) < 4.78 is 0. The summed E-state index contributed by atoms with van der Waals surface area (Å²) in [5.74, 6) is -4.12. The first-order valence-corrected chi connectivity index (χ1v) is 23.9. The number of thioether (sulfide) groups is 1. The first kappa shape index (κ1) is 50.9. The first-order chi connectivity index (χ1) is 33.1. The maximum Gasteiger partial charge on any atom is 0.246 e. The van der Waals surface area contributed by atoms with E-state index in [-0.39, 0.29) is 62.3 Å². The van der Waals surface area contributed by atoms with E-state index in [2.05, 4.69) is 31.6 Å². The minimum Gasteiger partial charge on any atom is -0.508 e. The maximum absolute atomic E-state index is 14.9. The van der Waals surface area contributed by atoms with E-state index < -0.39 is 77.6 Å². The van der Waals surface area contributed by atoms with Crippen molar-refractivity contribution in [3.8, 4) is 17.2 Å². The van der Waals surface area contributed by atoms with Gasteiger partial charge in [0.05, 0.1) is 0 Å². The topological polar surface area (TPSA) is 285 Å². The number of aromatic hydroxyl groups is 3. The molecule has 1 aliphatic rings. The minimum absolute atomic E-state index is 0.0141. The molecule has 6 atom stereocenters. The minimum atomic E-state index is -1.36. The standard InChI is InChI=1S/C50H58N8O10S/c1-29(59)53-39(21-23-69-2)46(64)55-41(25-31-11-17-35(61)18-12-31)47(65)56-42(27-33-28-52-38-7-4-3-6-37(33)38)48(66)57-43(26-32-13-19-36(62)20-14-32)50(68)58-22-5-8-44(58)49(67)54-40(45(51)63)24-30-9-15-34(60)16-10-30/h3-4,6-7,9-20,28,39-44,52,60-62H,5,8,21-27H2,1-2H3,(H2,51,63)(H,53,59)(H,54,67)(H,55,64)(H,56,65)(H,57,66)/t39-,40-,41-,42-,43-,44-/m0/s1. The van der Waals surface area contributed by atoms with Crippen molar-refractivity contribution in [3.05, 3.63) is 126 Å². The molecule has 18 nitrogen and oxygen atoms in total. The first-order valence-electron chi connectivity index (χ1n) is 22.5. The van der Waals surface area contributed by atoms with E-state index in [4.69, 9.17) is 5.73 Å². The van der Waals surface area contributed by atoms with Gasteiger partial charge in [-0.3, -0.25) is 33.6 Å². The Morgan fingerprint density at radius 2 is 1.14 bits per heavy atom. The highest BCUT2D eigenvalue weighted by Crippen LogP contribution is 2.23. The number of primary amides is 1. The number of likely N-dealkylation sites (tertiary alicyclic amines) is 1. The van der Waals surface area contributed by atoms with E-state index >= 15 is 0 Å². The summed E-state index contributed by atoms with van der Waals surface area (Å²) in [6, 6.07) is 18.4. The number of amides is 7. The van der Waals surface area contributed by atoms with Gasteiger partial charge in [0, 0.05) is 56.3 Å². The normalized spacial score (nSPS) is 15.5. The summed E-state index contributed by atoms with van der Waals surface area (Å²) in [4.78, 5) is 101. The number of carbonyl (C=O) groups is 7. The number of benzene rings is 4. The highest BCUT2D eigenvalue weighted by atomic mass is 32.2. The molecule has 4 aromatic carbocycles. The third-order valence-electron chi connectivity index (χ3n) is 11.9. The van der Waals surface area contributed by atoms with Gasteiger partial charge in [0.15, 0.2) is 0 Å². The molecule has 0 radical (unpaired) electrons. The number of carbonyl (C=O) groups excluding carboxylic acids is 7. The molecule has 7 amide bonds. The van der Waals surface area contributed by atoms with Crippen molar-refractivity contribution in [2.45, 2.75) is 88.1 Å². The second-order valence-corrected chi connectivity index (χ2v) is 18.0. The molecular weight excluding hydrogens is 905 g/mol. The number of H-pyrrole nitrogens is 1. The fourth-order valence-electron chi connectivity index (χ4n) is 8.30. The molecule has 6 rings (SSSR count). The highest BCUT2D eigenvalue weighted by Gasteiger charge is 2.40. The molecule has 0 spiro atoms. The van der Waals surface area contributed by atoms with E-state index in [0.29, 0.717) is 34.4 Å². The fourth-order valence-corrected chi connectivity index (χ4v) is 8.77. The number of aromatic nitrogens is 1. The van der Waals surface area contributed by atoms with Crippen LogP contribution in [-0.4, -0.2) is 121 Å². The Kier molecular flexibility index (Phi) is 17.7. The van der Waals surface area contributed by atoms with Gasteiger partial charge in [-0.2, -0.15) is 11.8 Å². The number of nitrogens with two attached hydrogens (primary N) is 1. The number of para-hydroxylation sites is 1. The van der Waals surface area contributed by atoms with Crippen LogP contribution in [0.3, 0.4) is 0 Å². The van der Waals surface area contributed by atoms with Gasteiger partial charge in [-0.15, -0.1) is 0 Å². The third kappa shape index (κ3) is 14.2. The van der Waals surface area contributed by atoms with Crippen LogP contribution >= 0.6 is 11.8 Å². The second-order valence-electron chi connectivity index (χ2n) is 17.0. The quantitative estimate of drug-likeness (QED) is 0.0480. The van der Waals surface area contributed by atoms with Crippen LogP contribution in [0.15, 0.2) is 103 Å². The molecular formula is C50H58N8O10S. The van der Waals surface area contributed by atoms with Gasteiger partial charge in [-0.05, 0) is 96.0 Å². The number of phenolic OH excluding ortho intramolecular Hbond substituents is 3. The number of phenols is 3. The van der Waals surface area contributed by atoms with E-state index in [9.17, 15) is 48.9 Å². The van der Waals surface area contributed by atoms with E-state index in [1.165, 1.54) is 60.0 Å². The number of fused-ring (bicyclic) bond motifs is 1. The van der Waals surface area contributed by atoms with Gasteiger partial charge >= 0.3 is 0 Å². The van der Waals surface area contributed by atoms with Gasteiger partial charge in [-0.1, -0.05) is 54.6 Å². The summed E-state index contributed by atoms with van der Waals surface area (Å²) in [5, 5.41) is 44.4. The lowest BCUT2D eigenvalue weighted by Crippen LogP contribution is -2.60. The summed E-state index contributed by atoms with van der Waals surface area (Å²) in [6.45, 7) is 1.43. The largest absolute Gasteiger partial charge is 0.508 e. The summed E-state index contributed by atoms with van der Waals surface area (Å²) >= 11 is 1.48. The molecule has 364 valence electrons. The maximum atomic E-state index is 14.9. The lowest BCUT2D eigenvalue weighted by Gasteiger charge is -2.31. The number of nitrogens with one attached hydrogen (secondary N) is 6. The molecule has 1 fully saturated rings. The summed E-state index contributed by atoms with van der Waals surface area (Å²) in [7, 11) is 0. The van der Waals surface area contributed by atoms with E-state index in [0.717, 1.165) is 10.9 Å². The molecule has 2 heterocycles. The van der Waals surface area contributed by atoms with Crippen LogP contribution in [0.1, 0.15) is 48.4 Å². The van der Waals surface area contributed by atoms with Crippen molar-refractivity contribution in [2.75, 3.05) is 18.6 Å². The van der Waals surface area contributed by atoms with Crippen molar-refractivity contribution >= 4 is 64.0 Å². The van der Waals surface area contributed by atoms with Gasteiger partial charge in [-0.25, -0.2) is 0 Å². The molecule has 1 saturated heterocycles. The number of hydrogen-bond acceptors (Lipinski definition) is 11. The SMILES string of the molecule is CSCC[C@H](NC(C)=O)C(=O)N[C@@H](Cc1ccc(O)cc1)C(=O)N[C@@H](Cc1c[nH]c2ccccc12)C(=O)N[C@@H](Cc1ccc(O)cc1)C(=O)N1CCC[C@H]1C(=O)N[C@@H](Cc1ccc(O)cc1)C(N)=O. The van der Waals surface area contributed by atoms with Gasteiger partial charge in [0.2, 0.25) is 41.4 Å². The number of nitrogens with zero attached hydrogens (tertiary/aromatic N) is 1. The van der Waals surface area contributed by atoms with Gasteiger partial charge in [0.1, 0.15) is 53.5 Å². The van der Waals surface area contributed by atoms with Gasteiger partial charge in [0.25, 0.3) is 0 Å². The molecule has 0 saturated carbocycles. The Balaban J connectivity index is 1.30. The van der Waals surface area contributed by atoms with Crippen LogP contribution in [0.2, 0.25) is 0 Å². The molecule has 1 aromatic heterocycles. The third-order valence-corrected chi connectivity index (χ3v) is 12.6. The Morgan fingerprint density at radius 3 is 1.68 bits per heavy atom. The molecule has 1 aliphatic heterocycles. The lowest BCUT2D eigenvalue weighted by molar-refractivity contribution is -0.142. The number of aromatic amines is 1. The molecule has 69 heavy (non-hydrogen) atoms. The Bertz CT molecular complexity index is 2610. The fraction of sp³-hybridized carbons (Fsp3) is 0.340. The summed E-state index contributed by atoms with van der Waals surface area (Å²) in [5.41, 5.74) is 8.87. The average Bonchev–Trinajstić information content (AvgIpc) is 3.99. The predicted molar refractivity (Wildman–Crippen MR) is 260 cm³/mol. The molecule has 0 bridgehead atoms. The zero-order chi connectivity index (χ0) is 49.6. The van der Waals surface area contributed by atoms with Gasteiger partial charge < -0.3 is 57.5 Å². The van der Waals surface area contributed by atoms with E-state index in [1.807, 2.05) is 30.5 Å². The molecule has 19 heteroatoms. The van der Waals surface area contributed by atoms with Crippen LogP contribution in [0.5, 0.6) is 17.2 Å². The molecule has 5 aromatic rings. The Morgan fingerprint density at radius 1 is 0.652 bits per heavy atom. The molecule has 11 N–H and O–H groups in total.